The first kappa shape index (κ1) is 29.1. The van der Waals surface area contributed by atoms with Gasteiger partial charge in [0, 0.05) is 63.2 Å². The molecule has 8 heteroatoms. The molecule has 8 nitrogen and oxygen atoms in total. The van der Waals surface area contributed by atoms with Crippen LogP contribution >= 0.6 is 0 Å². The molecule has 0 saturated carbocycles. The Bertz CT molecular complexity index is 1490. The molecule has 3 aromatic carbocycles. The lowest BCUT2D eigenvalue weighted by Gasteiger charge is -2.42. The van der Waals surface area contributed by atoms with Crippen LogP contribution in [-0.2, 0) is 16.9 Å². The van der Waals surface area contributed by atoms with E-state index in [4.69, 9.17) is 4.74 Å². The van der Waals surface area contributed by atoms with Crippen LogP contribution in [0.4, 0.5) is 15.3 Å². The van der Waals surface area contributed by atoms with Gasteiger partial charge in [0.15, 0.2) is 0 Å². The van der Waals surface area contributed by atoms with E-state index in [0.717, 1.165) is 46.5 Å². The molecule has 0 radical (unpaired) electrons. The van der Waals surface area contributed by atoms with E-state index in [-0.39, 0.29) is 12.1 Å². The van der Waals surface area contributed by atoms with E-state index in [1.165, 1.54) is 0 Å². The fraction of sp³-hybridized carbons (Fsp3) is 0.324. The van der Waals surface area contributed by atoms with E-state index >= 15 is 0 Å². The SMILES string of the molecule is CCN(Cc1ccccc1)C(=O)OC1(c2ccccc2)CCN(CCNC(=O)Nc2cc(C)nc3ccccc23)CC1. The number of piperidine rings is 1. The van der Waals surface area contributed by atoms with Crippen molar-refractivity contribution < 1.29 is 14.3 Å². The Kier molecular flexibility index (Phi) is 9.34. The summed E-state index contributed by atoms with van der Waals surface area (Å²) in [4.78, 5) is 34.8. The Hall–Kier alpha value is -4.43. The second-order valence-corrected chi connectivity index (χ2v) is 10.8. The lowest BCUT2D eigenvalue weighted by Crippen LogP contribution is -2.48. The van der Waals surface area contributed by atoms with Crippen molar-refractivity contribution >= 4 is 28.7 Å². The summed E-state index contributed by atoms with van der Waals surface area (Å²) in [6.07, 6.45) is 1.07. The highest BCUT2D eigenvalue weighted by Crippen LogP contribution is 2.37. The number of nitrogens with zero attached hydrogens (tertiary/aromatic N) is 3. The maximum Gasteiger partial charge on any atom is 0.410 e. The average molecular weight is 566 g/mol. The molecule has 1 aliphatic rings. The first-order valence-corrected chi connectivity index (χ1v) is 14.7. The molecular weight excluding hydrogens is 526 g/mol. The number of aromatic nitrogens is 1. The quantitative estimate of drug-likeness (QED) is 0.248. The van der Waals surface area contributed by atoms with Crippen molar-refractivity contribution in [1.82, 2.24) is 20.1 Å². The molecule has 1 aromatic heterocycles. The smallest absolute Gasteiger partial charge is 0.410 e. The number of para-hydroxylation sites is 1. The molecular formula is C34H39N5O3. The molecule has 0 atom stereocenters. The van der Waals surface area contributed by atoms with Gasteiger partial charge in [0.05, 0.1) is 11.2 Å². The Morgan fingerprint density at radius 1 is 0.952 bits per heavy atom. The highest BCUT2D eigenvalue weighted by atomic mass is 16.6. The molecule has 218 valence electrons. The summed E-state index contributed by atoms with van der Waals surface area (Å²) >= 11 is 0. The van der Waals surface area contributed by atoms with Crippen molar-refractivity contribution in [2.45, 2.75) is 38.8 Å². The summed E-state index contributed by atoms with van der Waals surface area (Å²) in [5.74, 6) is 0. The van der Waals surface area contributed by atoms with E-state index in [0.29, 0.717) is 39.0 Å². The monoisotopic (exact) mass is 565 g/mol. The number of ether oxygens (including phenoxy) is 1. The molecule has 42 heavy (non-hydrogen) atoms. The third-order valence-electron chi connectivity index (χ3n) is 7.91. The minimum atomic E-state index is -0.690. The van der Waals surface area contributed by atoms with Crippen molar-refractivity contribution in [2.75, 3.05) is 38.0 Å². The Balaban J connectivity index is 1.17. The topological polar surface area (TPSA) is 86.8 Å². The van der Waals surface area contributed by atoms with Crippen LogP contribution in [0.5, 0.6) is 0 Å². The molecule has 5 rings (SSSR count). The number of amides is 3. The zero-order valence-corrected chi connectivity index (χ0v) is 24.4. The number of hydrogen-bond donors (Lipinski definition) is 2. The molecule has 4 aromatic rings. The summed E-state index contributed by atoms with van der Waals surface area (Å²) in [5.41, 5.74) is 3.85. The summed E-state index contributed by atoms with van der Waals surface area (Å²) in [6, 6.07) is 29.5. The van der Waals surface area contributed by atoms with Crippen LogP contribution in [0.25, 0.3) is 10.9 Å². The fourth-order valence-corrected chi connectivity index (χ4v) is 5.58. The number of urea groups is 1. The zero-order chi connectivity index (χ0) is 29.4. The maximum atomic E-state index is 13.4. The standard InChI is InChI=1S/C34H39N5O3/c1-3-39(25-27-12-6-4-7-13-27)33(41)42-34(28-14-8-5-9-15-28)18-21-38(22-19-34)23-20-35-32(40)37-31-24-26(2)36-30-17-11-10-16-29(30)31/h4-17,24H,3,18-23,25H2,1-2H3,(H2,35,36,37,40). The Morgan fingerprint density at radius 3 is 2.33 bits per heavy atom. The predicted octanol–water partition coefficient (Wildman–Crippen LogP) is 6.31. The number of hydrogen-bond acceptors (Lipinski definition) is 5. The van der Waals surface area contributed by atoms with Crippen molar-refractivity contribution in [3.63, 3.8) is 0 Å². The molecule has 3 amide bonds. The number of fused-ring (bicyclic) bond motifs is 1. The van der Waals surface area contributed by atoms with Crippen molar-refractivity contribution in [1.29, 1.82) is 0 Å². The van der Waals surface area contributed by atoms with Crippen molar-refractivity contribution in [3.05, 3.63) is 108 Å². The van der Waals surface area contributed by atoms with Gasteiger partial charge in [-0.05, 0) is 37.1 Å². The van der Waals surface area contributed by atoms with E-state index < -0.39 is 5.60 Å². The first-order chi connectivity index (χ1) is 20.5. The highest BCUT2D eigenvalue weighted by molar-refractivity contribution is 6.00. The summed E-state index contributed by atoms with van der Waals surface area (Å²) in [7, 11) is 0. The van der Waals surface area contributed by atoms with Crippen molar-refractivity contribution in [3.8, 4) is 0 Å². The van der Waals surface area contributed by atoms with Gasteiger partial charge in [0.25, 0.3) is 0 Å². The second kappa shape index (κ2) is 13.5. The number of benzene rings is 3. The molecule has 2 heterocycles. The van der Waals surface area contributed by atoms with Gasteiger partial charge in [0.2, 0.25) is 0 Å². The highest BCUT2D eigenvalue weighted by Gasteiger charge is 2.40. The van der Waals surface area contributed by atoms with Crippen LogP contribution in [-0.4, -0.2) is 59.6 Å². The average Bonchev–Trinajstić information content (AvgIpc) is 3.01. The number of carbonyl (C=O) groups is 2. The van der Waals surface area contributed by atoms with E-state index in [1.54, 1.807) is 4.90 Å². The molecule has 1 aliphatic heterocycles. The van der Waals surface area contributed by atoms with Crippen molar-refractivity contribution in [2.24, 2.45) is 0 Å². The van der Waals surface area contributed by atoms with Gasteiger partial charge in [-0.2, -0.15) is 0 Å². The van der Waals surface area contributed by atoms with Crippen LogP contribution in [0.3, 0.4) is 0 Å². The van der Waals surface area contributed by atoms with E-state index in [1.807, 2.05) is 105 Å². The Morgan fingerprint density at radius 2 is 1.62 bits per heavy atom. The third-order valence-corrected chi connectivity index (χ3v) is 7.91. The zero-order valence-electron chi connectivity index (χ0n) is 24.4. The minimum Gasteiger partial charge on any atom is -0.438 e. The first-order valence-electron chi connectivity index (χ1n) is 14.7. The molecule has 0 spiro atoms. The summed E-state index contributed by atoms with van der Waals surface area (Å²) in [5, 5.41) is 6.88. The predicted molar refractivity (Wildman–Crippen MR) is 166 cm³/mol. The fourth-order valence-electron chi connectivity index (χ4n) is 5.58. The minimum absolute atomic E-state index is 0.242. The van der Waals surface area contributed by atoms with Crippen LogP contribution in [0.1, 0.15) is 36.6 Å². The number of likely N-dealkylation sites (tertiary alicyclic amines) is 1. The second-order valence-electron chi connectivity index (χ2n) is 10.8. The number of carbonyl (C=O) groups excluding carboxylic acids is 2. The van der Waals surface area contributed by atoms with Gasteiger partial charge in [-0.3, -0.25) is 4.98 Å². The number of pyridine rings is 1. The van der Waals surface area contributed by atoms with Gasteiger partial charge in [0.1, 0.15) is 5.60 Å². The summed E-state index contributed by atoms with van der Waals surface area (Å²) in [6.45, 7) is 7.69. The normalized spacial score (nSPS) is 14.7. The molecule has 0 unspecified atom stereocenters. The lowest BCUT2D eigenvalue weighted by atomic mass is 9.84. The molecule has 1 fully saturated rings. The van der Waals surface area contributed by atoms with Gasteiger partial charge in [-0.15, -0.1) is 0 Å². The van der Waals surface area contributed by atoms with Gasteiger partial charge in [-0.1, -0.05) is 78.9 Å². The number of anilines is 1. The number of nitrogens with one attached hydrogen (secondary N) is 2. The maximum absolute atomic E-state index is 13.4. The molecule has 0 aliphatic carbocycles. The van der Waals surface area contributed by atoms with Crippen LogP contribution in [0.15, 0.2) is 91.0 Å². The van der Waals surface area contributed by atoms with Gasteiger partial charge < -0.3 is 25.2 Å². The third kappa shape index (κ3) is 7.06. The van der Waals surface area contributed by atoms with Crippen LogP contribution in [0.2, 0.25) is 0 Å². The van der Waals surface area contributed by atoms with Crippen LogP contribution < -0.4 is 10.6 Å². The van der Waals surface area contributed by atoms with Crippen LogP contribution in [0, 0.1) is 6.92 Å². The molecule has 0 bridgehead atoms. The molecule has 1 saturated heterocycles. The van der Waals surface area contributed by atoms with Gasteiger partial charge >= 0.3 is 12.1 Å². The largest absolute Gasteiger partial charge is 0.438 e. The van der Waals surface area contributed by atoms with E-state index in [2.05, 4.69) is 20.5 Å². The lowest BCUT2D eigenvalue weighted by molar-refractivity contribution is -0.0542. The van der Waals surface area contributed by atoms with Gasteiger partial charge in [-0.25, -0.2) is 9.59 Å². The number of aryl methyl sites for hydroxylation is 1. The Labute approximate surface area is 247 Å². The van der Waals surface area contributed by atoms with E-state index in [9.17, 15) is 9.59 Å². The molecule has 2 N–H and O–H groups in total. The summed E-state index contributed by atoms with van der Waals surface area (Å²) < 4.78 is 6.37. The number of rotatable bonds is 9.